The average molecular weight is 398 g/mol. The predicted molar refractivity (Wildman–Crippen MR) is 107 cm³/mol. The van der Waals surface area contributed by atoms with Crippen LogP contribution in [0.1, 0.15) is 41.4 Å². The fourth-order valence-electron chi connectivity index (χ4n) is 3.31. The molecule has 152 valence electrons. The Hall–Kier alpha value is -3.17. The highest BCUT2D eigenvalue weighted by Gasteiger charge is 2.29. The molecular formula is C20H22N4O5. The van der Waals surface area contributed by atoms with Crippen molar-refractivity contribution in [2.75, 3.05) is 25.1 Å². The number of esters is 1. The van der Waals surface area contributed by atoms with Crippen molar-refractivity contribution >= 4 is 35.5 Å². The number of allylic oxidation sites excluding steroid dienone is 1. The zero-order valence-electron chi connectivity index (χ0n) is 16.0. The van der Waals surface area contributed by atoms with Gasteiger partial charge in [0.25, 0.3) is 0 Å². The number of nitrogens with one attached hydrogen (secondary N) is 1. The number of aliphatic hydroxyl groups excluding tert-OH is 1. The van der Waals surface area contributed by atoms with E-state index in [-0.39, 0.29) is 35.7 Å². The number of aliphatic hydroxyl groups is 1. The number of hydrazine groups is 1. The second-order valence-electron chi connectivity index (χ2n) is 6.80. The van der Waals surface area contributed by atoms with E-state index in [0.717, 1.165) is 5.56 Å². The van der Waals surface area contributed by atoms with Gasteiger partial charge in [0.05, 0.1) is 12.7 Å². The number of pyridine rings is 1. The number of hydrogen-bond acceptors (Lipinski definition) is 9. The van der Waals surface area contributed by atoms with E-state index in [1.165, 1.54) is 0 Å². The van der Waals surface area contributed by atoms with Crippen LogP contribution in [0.15, 0.2) is 27.7 Å². The number of carbonyl (C=O) groups is 1. The summed E-state index contributed by atoms with van der Waals surface area (Å²) in [4.78, 5) is 20.9. The maximum absolute atomic E-state index is 12.4. The van der Waals surface area contributed by atoms with Crippen molar-refractivity contribution in [2.45, 2.75) is 25.9 Å². The first-order chi connectivity index (χ1) is 14.1. The number of hydrogen-bond donors (Lipinski definition) is 3. The van der Waals surface area contributed by atoms with E-state index in [0.29, 0.717) is 37.3 Å². The molecule has 0 atom stereocenters. The van der Waals surface area contributed by atoms with Crippen LogP contribution in [-0.4, -0.2) is 58.2 Å². The molecule has 0 radical (unpaired) electrons. The van der Waals surface area contributed by atoms with Crippen LogP contribution in [0.25, 0.3) is 11.6 Å². The highest BCUT2D eigenvalue weighted by molar-refractivity contribution is 6.21. The van der Waals surface area contributed by atoms with Gasteiger partial charge in [-0.2, -0.15) is 0 Å². The van der Waals surface area contributed by atoms with Crippen LogP contribution in [-0.2, 0) is 4.74 Å². The topological polar surface area (TPSA) is 120 Å². The van der Waals surface area contributed by atoms with Crippen LogP contribution < -0.4 is 5.43 Å². The van der Waals surface area contributed by atoms with Crippen molar-refractivity contribution in [3.8, 4) is 5.75 Å². The molecule has 2 aromatic heterocycles. The molecule has 9 heteroatoms. The van der Waals surface area contributed by atoms with Gasteiger partial charge in [-0.05, 0) is 38.0 Å². The number of nitrogens with zero attached hydrogens (tertiary/aromatic N) is 3. The molecule has 29 heavy (non-hydrogen) atoms. The lowest BCUT2D eigenvalue weighted by molar-refractivity contribution is 0.0522. The SMILES string of the molecule is CCOC(=O)c1c(NN2CCC(O)CC2)oc(C=C2C=Nc3ncccc32)c1O. The molecule has 0 aliphatic carbocycles. The number of fused-ring (bicyclic) bond motifs is 1. The third kappa shape index (κ3) is 3.87. The van der Waals surface area contributed by atoms with Crippen molar-refractivity contribution in [2.24, 2.45) is 4.99 Å². The van der Waals surface area contributed by atoms with E-state index in [2.05, 4.69) is 15.4 Å². The van der Waals surface area contributed by atoms with Gasteiger partial charge in [0, 0.05) is 36.6 Å². The Bertz CT molecular complexity index is 973. The summed E-state index contributed by atoms with van der Waals surface area (Å²) in [6.07, 6.45) is 5.76. The minimum absolute atomic E-state index is 0.0637. The highest BCUT2D eigenvalue weighted by atomic mass is 16.5. The summed E-state index contributed by atoms with van der Waals surface area (Å²) in [5.41, 5.74) is 4.48. The van der Waals surface area contributed by atoms with Crippen LogP contribution in [0.5, 0.6) is 5.75 Å². The molecule has 0 spiro atoms. The largest absolute Gasteiger partial charge is 0.504 e. The Kier molecular flexibility index (Phi) is 5.32. The second kappa shape index (κ2) is 8.06. The van der Waals surface area contributed by atoms with E-state index in [9.17, 15) is 15.0 Å². The van der Waals surface area contributed by atoms with Crippen molar-refractivity contribution < 1.29 is 24.2 Å². The maximum atomic E-state index is 12.4. The summed E-state index contributed by atoms with van der Waals surface area (Å²) in [6, 6.07) is 3.66. The number of furan rings is 1. The highest BCUT2D eigenvalue weighted by Crippen LogP contribution is 2.38. The molecule has 0 saturated carbocycles. The first-order valence-electron chi connectivity index (χ1n) is 9.50. The Labute approximate surface area is 167 Å². The van der Waals surface area contributed by atoms with Crippen molar-refractivity contribution in [1.29, 1.82) is 0 Å². The molecule has 2 aliphatic rings. The smallest absolute Gasteiger partial charge is 0.347 e. The number of aromatic nitrogens is 1. The van der Waals surface area contributed by atoms with Crippen LogP contribution in [0, 0.1) is 0 Å². The third-order valence-corrected chi connectivity index (χ3v) is 4.82. The van der Waals surface area contributed by atoms with Gasteiger partial charge < -0.3 is 19.4 Å². The second-order valence-corrected chi connectivity index (χ2v) is 6.80. The number of aromatic hydroxyl groups is 1. The average Bonchev–Trinajstić information content (AvgIpc) is 3.25. The first-order valence-corrected chi connectivity index (χ1v) is 9.50. The fourth-order valence-corrected chi connectivity index (χ4v) is 3.31. The van der Waals surface area contributed by atoms with E-state index in [1.807, 2.05) is 11.1 Å². The first kappa shape index (κ1) is 19.2. The van der Waals surface area contributed by atoms with Gasteiger partial charge in [0.2, 0.25) is 5.88 Å². The molecule has 0 amide bonds. The van der Waals surface area contributed by atoms with Crippen molar-refractivity contribution in [3.63, 3.8) is 0 Å². The molecule has 0 unspecified atom stereocenters. The maximum Gasteiger partial charge on any atom is 0.347 e. The summed E-state index contributed by atoms with van der Waals surface area (Å²) in [6.45, 7) is 3.01. The van der Waals surface area contributed by atoms with Gasteiger partial charge in [-0.15, -0.1) is 0 Å². The molecule has 0 bridgehead atoms. The molecule has 4 heterocycles. The summed E-state index contributed by atoms with van der Waals surface area (Å²) in [7, 11) is 0. The minimum Gasteiger partial charge on any atom is -0.504 e. The fraction of sp³-hybridized carbons (Fsp3) is 0.350. The van der Waals surface area contributed by atoms with Gasteiger partial charge in [-0.1, -0.05) is 0 Å². The number of aliphatic imine (C=N–C) groups is 1. The molecule has 1 saturated heterocycles. The van der Waals surface area contributed by atoms with Gasteiger partial charge in [-0.25, -0.2) is 19.8 Å². The molecule has 2 aromatic rings. The van der Waals surface area contributed by atoms with E-state index >= 15 is 0 Å². The molecule has 0 aromatic carbocycles. The number of rotatable bonds is 5. The van der Waals surface area contributed by atoms with Gasteiger partial charge in [0.1, 0.15) is 0 Å². The molecule has 3 N–H and O–H groups in total. The summed E-state index contributed by atoms with van der Waals surface area (Å²) in [5.74, 6) is -0.182. The summed E-state index contributed by atoms with van der Waals surface area (Å²) >= 11 is 0. The Morgan fingerprint density at radius 2 is 2.24 bits per heavy atom. The molecule has 9 nitrogen and oxygen atoms in total. The monoisotopic (exact) mass is 398 g/mol. The van der Waals surface area contributed by atoms with Crippen LogP contribution >= 0.6 is 0 Å². The van der Waals surface area contributed by atoms with Gasteiger partial charge >= 0.3 is 5.97 Å². The Balaban J connectivity index is 1.67. The van der Waals surface area contributed by atoms with Crippen LogP contribution in [0.3, 0.4) is 0 Å². The zero-order valence-corrected chi connectivity index (χ0v) is 16.0. The Morgan fingerprint density at radius 1 is 1.45 bits per heavy atom. The predicted octanol–water partition coefficient (Wildman–Crippen LogP) is 2.60. The molecule has 2 aliphatic heterocycles. The summed E-state index contributed by atoms with van der Waals surface area (Å²) in [5, 5.41) is 22.2. The number of carbonyl (C=O) groups excluding carboxylic acids is 1. The number of anilines is 1. The minimum atomic E-state index is -0.680. The number of ether oxygens (including phenoxy) is 1. The van der Waals surface area contributed by atoms with Gasteiger partial charge in [0.15, 0.2) is 22.9 Å². The lowest BCUT2D eigenvalue weighted by Gasteiger charge is -2.29. The van der Waals surface area contributed by atoms with E-state index in [4.69, 9.17) is 9.15 Å². The molecular weight excluding hydrogens is 376 g/mol. The van der Waals surface area contributed by atoms with Crippen molar-refractivity contribution in [1.82, 2.24) is 9.99 Å². The van der Waals surface area contributed by atoms with Crippen LogP contribution in [0.2, 0.25) is 0 Å². The normalized spacial score (nSPS) is 18.2. The van der Waals surface area contributed by atoms with Crippen LogP contribution in [0.4, 0.5) is 11.7 Å². The molecule has 1 fully saturated rings. The van der Waals surface area contributed by atoms with E-state index in [1.54, 1.807) is 31.5 Å². The lowest BCUT2D eigenvalue weighted by Crippen LogP contribution is -2.39. The summed E-state index contributed by atoms with van der Waals surface area (Å²) < 4.78 is 10.9. The van der Waals surface area contributed by atoms with Crippen molar-refractivity contribution in [3.05, 3.63) is 35.2 Å². The third-order valence-electron chi connectivity index (χ3n) is 4.82. The molecule has 4 rings (SSSR count). The van der Waals surface area contributed by atoms with E-state index < -0.39 is 5.97 Å². The van der Waals surface area contributed by atoms with Gasteiger partial charge in [-0.3, -0.25) is 5.43 Å². The Morgan fingerprint density at radius 3 is 3.00 bits per heavy atom. The number of piperidine rings is 1. The standard InChI is InChI=1S/C20H22N4O5/c1-2-28-20(27)16-17(26)15(10-12-11-22-18-14(12)4-3-7-21-18)29-19(16)23-24-8-5-13(25)6-9-24/h3-4,7,10-11,13,23,25-26H,2,5-6,8-9H2,1H3. The lowest BCUT2D eigenvalue weighted by atomic mass is 10.1. The quantitative estimate of drug-likeness (QED) is 0.658. The zero-order chi connectivity index (χ0) is 20.4.